The molecule has 3 amide bonds. The first kappa shape index (κ1) is 13.8. The minimum absolute atomic E-state index is 0.0350. The van der Waals surface area contributed by atoms with Crippen LogP contribution in [-0.4, -0.2) is 57.2 Å². The van der Waals surface area contributed by atoms with E-state index in [4.69, 9.17) is 5.11 Å². The molecule has 10 heteroatoms. The van der Waals surface area contributed by atoms with Gasteiger partial charge in [-0.1, -0.05) is 5.16 Å². The van der Waals surface area contributed by atoms with Crippen molar-refractivity contribution >= 4 is 17.9 Å². The number of piperazine rings is 1. The summed E-state index contributed by atoms with van der Waals surface area (Å²) in [5.74, 6) is -1.34. The lowest BCUT2D eigenvalue weighted by atomic mass is 10.1. The number of hydrogen-bond acceptors (Lipinski definition) is 6. The van der Waals surface area contributed by atoms with Crippen LogP contribution in [0.2, 0.25) is 0 Å². The molecule has 1 unspecified atom stereocenters. The van der Waals surface area contributed by atoms with E-state index in [0.29, 0.717) is 0 Å². The quantitative estimate of drug-likeness (QED) is 0.614. The number of rotatable bonds is 4. The van der Waals surface area contributed by atoms with Crippen LogP contribution < -0.4 is 10.6 Å². The van der Waals surface area contributed by atoms with Gasteiger partial charge in [0, 0.05) is 13.1 Å². The largest absolute Gasteiger partial charge is 0.481 e. The molecule has 2 heterocycles. The molecular weight excluding hydrogens is 270 g/mol. The van der Waals surface area contributed by atoms with Gasteiger partial charge in [-0.3, -0.25) is 9.59 Å². The highest BCUT2D eigenvalue weighted by molar-refractivity contribution is 5.91. The standard InChI is InChI=1S/C10H13N5O5/c16-8(17)3-6-9(18)11-1-2-15(6)10(19)12-4-7-13-5-20-14-7/h5-6H,1-4H2,(H,11,18)(H,12,19)(H,16,17). The zero-order valence-corrected chi connectivity index (χ0v) is 10.4. The summed E-state index contributed by atoms with van der Waals surface area (Å²) in [6.45, 7) is 0.555. The second kappa shape index (κ2) is 5.99. The van der Waals surface area contributed by atoms with Crippen molar-refractivity contribution in [1.29, 1.82) is 0 Å². The molecule has 0 aromatic carbocycles. The van der Waals surface area contributed by atoms with Crippen LogP contribution >= 0.6 is 0 Å². The van der Waals surface area contributed by atoms with Gasteiger partial charge in [0.1, 0.15) is 6.04 Å². The van der Waals surface area contributed by atoms with Gasteiger partial charge < -0.3 is 25.2 Å². The van der Waals surface area contributed by atoms with E-state index in [1.165, 1.54) is 4.90 Å². The summed E-state index contributed by atoms with van der Waals surface area (Å²) in [7, 11) is 0. The van der Waals surface area contributed by atoms with E-state index < -0.39 is 30.4 Å². The summed E-state index contributed by atoms with van der Waals surface area (Å²) in [6, 6.07) is -1.57. The maximum atomic E-state index is 12.0. The van der Waals surface area contributed by atoms with Crippen LogP contribution in [0.1, 0.15) is 12.2 Å². The summed E-state index contributed by atoms with van der Waals surface area (Å²) < 4.78 is 4.52. The van der Waals surface area contributed by atoms with Crippen molar-refractivity contribution in [2.24, 2.45) is 0 Å². The van der Waals surface area contributed by atoms with Crippen LogP contribution in [0, 0.1) is 0 Å². The minimum Gasteiger partial charge on any atom is -0.481 e. The fourth-order valence-corrected chi connectivity index (χ4v) is 1.85. The summed E-state index contributed by atoms with van der Waals surface area (Å²) >= 11 is 0. The van der Waals surface area contributed by atoms with E-state index in [1.54, 1.807) is 0 Å². The van der Waals surface area contributed by atoms with Crippen LogP contribution in [-0.2, 0) is 16.1 Å². The van der Waals surface area contributed by atoms with Crippen LogP contribution in [0.5, 0.6) is 0 Å². The fraction of sp³-hybridized carbons (Fsp3) is 0.500. The lowest BCUT2D eigenvalue weighted by Crippen LogP contribution is -2.59. The molecule has 0 spiro atoms. The maximum Gasteiger partial charge on any atom is 0.318 e. The van der Waals surface area contributed by atoms with Gasteiger partial charge >= 0.3 is 12.0 Å². The van der Waals surface area contributed by atoms with Gasteiger partial charge in [-0.05, 0) is 0 Å². The summed E-state index contributed by atoms with van der Waals surface area (Å²) in [5, 5.41) is 17.4. The molecule has 1 aliphatic heterocycles. The van der Waals surface area contributed by atoms with Gasteiger partial charge in [0.05, 0.1) is 13.0 Å². The molecule has 1 aliphatic rings. The Morgan fingerprint density at radius 2 is 2.40 bits per heavy atom. The molecule has 1 saturated heterocycles. The Hall–Kier alpha value is -2.65. The first-order chi connectivity index (χ1) is 9.58. The number of aliphatic carboxylic acids is 1. The zero-order valence-electron chi connectivity index (χ0n) is 10.4. The van der Waals surface area contributed by atoms with E-state index in [0.717, 1.165) is 6.39 Å². The lowest BCUT2D eigenvalue weighted by molar-refractivity contribution is -0.142. The number of carbonyl (C=O) groups excluding carboxylic acids is 2. The maximum absolute atomic E-state index is 12.0. The molecule has 1 fully saturated rings. The third kappa shape index (κ3) is 3.22. The predicted octanol–water partition coefficient (Wildman–Crippen LogP) is -1.45. The Morgan fingerprint density at radius 3 is 3.05 bits per heavy atom. The Bertz CT molecular complexity index is 502. The molecule has 0 bridgehead atoms. The molecule has 108 valence electrons. The second-order valence-electron chi connectivity index (χ2n) is 4.10. The molecule has 20 heavy (non-hydrogen) atoms. The van der Waals surface area contributed by atoms with Gasteiger partial charge in [0.2, 0.25) is 12.3 Å². The first-order valence-corrected chi connectivity index (χ1v) is 5.87. The fourth-order valence-electron chi connectivity index (χ4n) is 1.85. The molecule has 2 rings (SSSR count). The van der Waals surface area contributed by atoms with Gasteiger partial charge in [-0.15, -0.1) is 0 Å². The summed E-state index contributed by atoms with van der Waals surface area (Å²) in [6.07, 6.45) is 0.685. The molecule has 1 aromatic rings. The molecule has 0 aliphatic carbocycles. The van der Waals surface area contributed by atoms with Crippen LogP contribution in [0.4, 0.5) is 4.79 Å². The van der Waals surface area contributed by atoms with Crippen molar-refractivity contribution < 1.29 is 24.0 Å². The number of amides is 3. The molecular formula is C10H13N5O5. The highest BCUT2D eigenvalue weighted by Gasteiger charge is 2.34. The third-order valence-electron chi connectivity index (χ3n) is 2.76. The third-order valence-corrected chi connectivity index (χ3v) is 2.76. The van der Waals surface area contributed by atoms with Crippen molar-refractivity contribution in [3.63, 3.8) is 0 Å². The molecule has 0 radical (unpaired) electrons. The Balaban J connectivity index is 1.97. The first-order valence-electron chi connectivity index (χ1n) is 5.87. The predicted molar refractivity (Wildman–Crippen MR) is 62.3 cm³/mol. The smallest absolute Gasteiger partial charge is 0.318 e. The lowest BCUT2D eigenvalue weighted by Gasteiger charge is -2.34. The Kier molecular flexibility index (Phi) is 4.13. The topological polar surface area (TPSA) is 138 Å². The average Bonchev–Trinajstić information content (AvgIpc) is 2.91. The van der Waals surface area contributed by atoms with Crippen molar-refractivity contribution in [2.45, 2.75) is 19.0 Å². The zero-order chi connectivity index (χ0) is 14.5. The average molecular weight is 283 g/mol. The number of carbonyl (C=O) groups is 3. The van der Waals surface area contributed by atoms with Gasteiger partial charge in [0.15, 0.2) is 5.82 Å². The summed E-state index contributed by atoms with van der Waals surface area (Å²) in [5.41, 5.74) is 0. The second-order valence-corrected chi connectivity index (χ2v) is 4.10. The normalized spacial score (nSPS) is 18.5. The van der Waals surface area contributed by atoms with Crippen molar-refractivity contribution in [2.75, 3.05) is 13.1 Å². The number of nitrogens with zero attached hydrogens (tertiary/aromatic N) is 3. The van der Waals surface area contributed by atoms with Gasteiger partial charge in [0.25, 0.3) is 0 Å². The van der Waals surface area contributed by atoms with E-state index in [9.17, 15) is 14.4 Å². The molecule has 3 N–H and O–H groups in total. The molecule has 0 saturated carbocycles. The monoisotopic (exact) mass is 283 g/mol. The highest BCUT2D eigenvalue weighted by atomic mass is 16.5. The van der Waals surface area contributed by atoms with E-state index in [1.807, 2.05) is 0 Å². The van der Waals surface area contributed by atoms with Crippen molar-refractivity contribution in [3.8, 4) is 0 Å². The van der Waals surface area contributed by atoms with Gasteiger partial charge in [-0.25, -0.2) is 4.79 Å². The molecule has 1 atom stereocenters. The van der Waals surface area contributed by atoms with Crippen molar-refractivity contribution in [1.82, 2.24) is 25.7 Å². The number of aromatic nitrogens is 2. The number of nitrogens with one attached hydrogen (secondary N) is 2. The van der Waals surface area contributed by atoms with E-state index in [-0.39, 0.29) is 25.5 Å². The SMILES string of the molecule is O=C(O)CC1C(=O)NCCN1C(=O)NCc1ncon1. The van der Waals surface area contributed by atoms with Crippen LogP contribution in [0.15, 0.2) is 10.9 Å². The molecule has 10 nitrogen and oxygen atoms in total. The highest BCUT2D eigenvalue weighted by Crippen LogP contribution is 2.09. The Morgan fingerprint density at radius 1 is 1.60 bits per heavy atom. The Labute approximate surface area is 113 Å². The number of carboxylic acids is 1. The summed E-state index contributed by atoms with van der Waals surface area (Å²) in [4.78, 5) is 39.3. The number of carboxylic acid groups (broad SMARTS) is 1. The van der Waals surface area contributed by atoms with Gasteiger partial charge in [-0.2, -0.15) is 4.98 Å². The minimum atomic E-state index is -1.15. The number of urea groups is 1. The van der Waals surface area contributed by atoms with Crippen LogP contribution in [0.3, 0.4) is 0 Å². The van der Waals surface area contributed by atoms with E-state index >= 15 is 0 Å². The van der Waals surface area contributed by atoms with Crippen LogP contribution in [0.25, 0.3) is 0 Å². The van der Waals surface area contributed by atoms with Crippen molar-refractivity contribution in [3.05, 3.63) is 12.2 Å². The molecule has 1 aromatic heterocycles. The number of hydrogen-bond donors (Lipinski definition) is 3. The van der Waals surface area contributed by atoms with E-state index in [2.05, 4.69) is 25.3 Å².